The summed E-state index contributed by atoms with van der Waals surface area (Å²) in [6.45, 7) is 0.821. The lowest BCUT2D eigenvalue weighted by Gasteiger charge is -2.13. The molecule has 1 aliphatic heterocycles. The molecule has 110 valence electrons. The van der Waals surface area contributed by atoms with Crippen molar-refractivity contribution in [3.63, 3.8) is 0 Å². The highest BCUT2D eigenvalue weighted by Gasteiger charge is 2.30. The van der Waals surface area contributed by atoms with Crippen molar-refractivity contribution in [3.8, 4) is 0 Å². The Morgan fingerprint density at radius 3 is 3.05 bits per heavy atom. The Labute approximate surface area is 119 Å². The summed E-state index contributed by atoms with van der Waals surface area (Å²) in [5.41, 5.74) is 0.983. The van der Waals surface area contributed by atoms with Crippen molar-refractivity contribution in [2.45, 2.75) is 18.9 Å². The van der Waals surface area contributed by atoms with Gasteiger partial charge in [-0.2, -0.15) is 0 Å². The van der Waals surface area contributed by atoms with Crippen molar-refractivity contribution >= 4 is 11.9 Å². The molecule has 1 fully saturated rings. The molecular formula is C12H13N5O4. The predicted molar refractivity (Wildman–Crippen MR) is 67.4 cm³/mol. The van der Waals surface area contributed by atoms with E-state index < -0.39 is 5.97 Å². The van der Waals surface area contributed by atoms with E-state index in [1.807, 2.05) is 0 Å². The molecule has 1 amide bonds. The van der Waals surface area contributed by atoms with Gasteiger partial charge >= 0.3 is 5.97 Å². The van der Waals surface area contributed by atoms with E-state index in [0.717, 1.165) is 16.8 Å². The third-order valence-corrected chi connectivity index (χ3v) is 3.41. The number of aliphatic carboxylic acids is 1. The molecule has 0 aliphatic carbocycles. The number of nitrogens with zero attached hydrogens (tertiary/aromatic N) is 5. The number of carbonyl (C=O) groups excluding carboxylic acids is 1. The van der Waals surface area contributed by atoms with Crippen LogP contribution in [0.3, 0.4) is 0 Å². The van der Waals surface area contributed by atoms with Crippen molar-refractivity contribution in [1.82, 2.24) is 25.1 Å². The average Bonchev–Trinajstić information content (AvgIpc) is 3.18. The van der Waals surface area contributed by atoms with Gasteiger partial charge in [0.2, 0.25) is 0 Å². The third-order valence-electron chi connectivity index (χ3n) is 3.41. The number of carboxylic acids is 1. The standard InChI is InChI=1S/C12H13N5O4/c18-11(19)7-17-6-10(13-15-17)12(20)16-3-1-8(5-16)9-2-4-21-14-9/h2,4,6,8H,1,3,5,7H2,(H,18,19). The predicted octanol–water partition coefficient (Wildman–Crippen LogP) is -0.0196. The molecule has 3 rings (SSSR count). The number of carbonyl (C=O) groups is 2. The summed E-state index contributed by atoms with van der Waals surface area (Å²) in [7, 11) is 0. The Morgan fingerprint density at radius 2 is 2.33 bits per heavy atom. The molecule has 0 radical (unpaired) electrons. The zero-order valence-corrected chi connectivity index (χ0v) is 11.0. The molecule has 0 spiro atoms. The minimum absolute atomic E-state index is 0.150. The lowest BCUT2D eigenvalue weighted by atomic mass is 10.1. The van der Waals surface area contributed by atoms with Gasteiger partial charge in [-0.1, -0.05) is 10.4 Å². The lowest BCUT2D eigenvalue weighted by molar-refractivity contribution is -0.137. The second kappa shape index (κ2) is 5.35. The highest BCUT2D eigenvalue weighted by atomic mass is 16.5. The molecule has 0 bridgehead atoms. The van der Waals surface area contributed by atoms with E-state index in [4.69, 9.17) is 9.63 Å². The fourth-order valence-corrected chi connectivity index (χ4v) is 2.39. The Balaban J connectivity index is 1.66. The summed E-state index contributed by atoms with van der Waals surface area (Å²) < 4.78 is 5.94. The number of carboxylic acid groups (broad SMARTS) is 1. The van der Waals surface area contributed by atoms with Crippen LogP contribution < -0.4 is 0 Å². The first kappa shape index (κ1) is 13.3. The monoisotopic (exact) mass is 291 g/mol. The summed E-state index contributed by atoms with van der Waals surface area (Å²) in [4.78, 5) is 24.5. The van der Waals surface area contributed by atoms with Gasteiger partial charge in [-0.05, 0) is 6.42 Å². The molecule has 0 aromatic carbocycles. The Morgan fingerprint density at radius 1 is 1.48 bits per heavy atom. The van der Waals surface area contributed by atoms with Crippen molar-refractivity contribution in [2.24, 2.45) is 0 Å². The van der Waals surface area contributed by atoms with Crippen molar-refractivity contribution < 1.29 is 19.2 Å². The lowest BCUT2D eigenvalue weighted by Crippen LogP contribution is -2.28. The van der Waals surface area contributed by atoms with Crippen LogP contribution in [0.15, 0.2) is 23.0 Å². The normalized spacial score (nSPS) is 18.1. The zero-order chi connectivity index (χ0) is 14.8. The molecule has 1 unspecified atom stereocenters. The number of likely N-dealkylation sites (tertiary alicyclic amines) is 1. The van der Waals surface area contributed by atoms with E-state index in [1.165, 1.54) is 12.5 Å². The van der Waals surface area contributed by atoms with Gasteiger partial charge in [-0.25, -0.2) is 4.68 Å². The molecule has 1 aliphatic rings. The Hall–Kier alpha value is -2.71. The van der Waals surface area contributed by atoms with Crippen LogP contribution in [0.25, 0.3) is 0 Å². The first-order valence-corrected chi connectivity index (χ1v) is 6.45. The number of amides is 1. The maximum absolute atomic E-state index is 12.3. The number of aromatic nitrogens is 4. The van der Waals surface area contributed by atoms with Gasteiger partial charge in [0, 0.05) is 25.1 Å². The Bertz CT molecular complexity index is 650. The molecular weight excluding hydrogens is 278 g/mol. The molecule has 1 atom stereocenters. The first-order valence-electron chi connectivity index (χ1n) is 6.45. The molecule has 9 nitrogen and oxygen atoms in total. The van der Waals surface area contributed by atoms with Crippen LogP contribution in [0.2, 0.25) is 0 Å². The minimum atomic E-state index is -1.04. The van der Waals surface area contributed by atoms with Gasteiger partial charge < -0.3 is 14.5 Å². The fraction of sp³-hybridized carbons (Fsp3) is 0.417. The van der Waals surface area contributed by atoms with Crippen LogP contribution in [0, 0.1) is 0 Å². The second-order valence-corrected chi connectivity index (χ2v) is 4.86. The van der Waals surface area contributed by atoms with Gasteiger partial charge in [0.15, 0.2) is 5.69 Å². The van der Waals surface area contributed by atoms with Gasteiger partial charge in [0.25, 0.3) is 5.91 Å². The molecule has 9 heteroatoms. The summed E-state index contributed by atoms with van der Waals surface area (Å²) in [5.74, 6) is -1.13. The molecule has 0 saturated carbocycles. The van der Waals surface area contributed by atoms with E-state index in [2.05, 4.69) is 15.5 Å². The van der Waals surface area contributed by atoms with Gasteiger partial charge in [0.05, 0.1) is 11.9 Å². The van der Waals surface area contributed by atoms with Crippen molar-refractivity contribution in [1.29, 1.82) is 0 Å². The summed E-state index contributed by atoms with van der Waals surface area (Å²) in [5, 5.41) is 19.9. The maximum Gasteiger partial charge on any atom is 0.325 e. The summed E-state index contributed by atoms with van der Waals surface area (Å²) >= 11 is 0. The molecule has 1 N–H and O–H groups in total. The van der Waals surface area contributed by atoms with Crippen LogP contribution in [0.5, 0.6) is 0 Å². The molecule has 1 saturated heterocycles. The molecule has 3 heterocycles. The van der Waals surface area contributed by atoms with Crippen molar-refractivity contribution in [3.05, 3.63) is 29.9 Å². The van der Waals surface area contributed by atoms with E-state index in [1.54, 1.807) is 11.0 Å². The molecule has 2 aromatic heterocycles. The largest absolute Gasteiger partial charge is 0.480 e. The Kier molecular flexibility index (Phi) is 3.38. The number of rotatable bonds is 4. The van der Waals surface area contributed by atoms with E-state index >= 15 is 0 Å². The second-order valence-electron chi connectivity index (χ2n) is 4.86. The van der Waals surface area contributed by atoms with Crippen LogP contribution >= 0.6 is 0 Å². The van der Waals surface area contributed by atoms with Crippen LogP contribution in [0.1, 0.15) is 28.5 Å². The number of hydrogen-bond donors (Lipinski definition) is 1. The highest BCUT2D eigenvalue weighted by Crippen LogP contribution is 2.26. The number of hydrogen-bond acceptors (Lipinski definition) is 6. The van der Waals surface area contributed by atoms with E-state index in [0.29, 0.717) is 13.1 Å². The molecule has 2 aromatic rings. The van der Waals surface area contributed by atoms with E-state index in [-0.39, 0.29) is 24.1 Å². The summed E-state index contributed by atoms with van der Waals surface area (Å²) in [6.07, 6.45) is 3.67. The van der Waals surface area contributed by atoms with Crippen molar-refractivity contribution in [2.75, 3.05) is 13.1 Å². The quantitative estimate of drug-likeness (QED) is 0.841. The van der Waals surface area contributed by atoms with Gasteiger partial charge in [-0.3, -0.25) is 9.59 Å². The fourth-order valence-electron chi connectivity index (χ4n) is 2.39. The highest BCUT2D eigenvalue weighted by molar-refractivity contribution is 5.92. The smallest absolute Gasteiger partial charge is 0.325 e. The SMILES string of the molecule is O=C(O)Cn1cc(C(=O)N2CCC(c3ccon3)C2)nn1. The van der Waals surface area contributed by atoms with Gasteiger partial charge in [0.1, 0.15) is 12.8 Å². The topological polar surface area (TPSA) is 114 Å². The first-order chi connectivity index (χ1) is 10.1. The third kappa shape index (κ3) is 2.76. The minimum Gasteiger partial charge on any atom is -0.480 e. The van der Waals surface area contributed by atoms with Crippen LogP contribution in [0.4, 0.5) is 0 Å². The van der Waals surface area contributed by atoms with E-state index in [9.17, 15) is 9.59 Å². The summed E-state index contributed by atoms with van der Waals surface area (Å²) in [6, 6.07) is 1.79. The van der Waals surface area contributed by atoms with Crippen LogP contribution in [-0.2, 0) is 11.3 Å². The molecule has 21 heavy (non-hydrogen) atoms. The zero-order valence-electron chi connectivity index (χ0n) is 11.0. The average molecular weight is 291 g/mol. The van der Waals surface area contributed by atoms with Gasteiger partial charge in [-0.15, -0.1) is 5.10 Å². The van der Waals surface area contributed by atoms with Crippen LogP contribution in [-0.4, -0.2) is 55.1 Å². The maximum atomic E-state index is 12.3.